The van der Waals surface area contributed by atoms with Gasteiger partial charge in [0.1, 0.15) is 0 Å². The molecule has 1 atom stereocenters. The quantitative estimate of drug-likeness (QED) is 0.717. The molecule has 1 aromatic heterocycles. The highest BCUT2D eigenvalue weighted by atomic mass is 16.5. The van der Waals surface area contributed by atoms with Crippen molar-refractivity contribution in [1.82, 2.24) is 19.9 Å². The molecule has 0 saturated carbocycles. The normalized spacial score (nSPS) is 15.4. The molecule has 1 unspecified atom stereocenters. The number of nitrogens with one attached hydrogen (secondary N) is 1. The highest BCUT2D eigenvalue weighted by Gasteiger charge is 2.27. The highest BCUT2D eigenvalue weighted by Crippen LogP contribution is 2.23. The number of nitrogens with zero attached hydrogens (tertiary/aromatic N) is 5. The second kappa shape index (κ2) is 8.76. The van der Waals surface area contributed by atoms with Crippen molar-refractivity contribution in [3.05, 3.63) is 66.1 Å². The van der Waals surface area contributed by atoms with E-state index in [0.717, 1.165) is 5.56 Å². The SMILES string of the molecule is CC(c1nc(-c2ccccc2)no1)N1CCN(C(=O)Nc2cccc(C#N)c2)CC1. The van der Waals surface area contributed by atoms with Crippen LogP contribution < -0.4 is 5.32 Å². The van der Waals surface area contributed by atoms with Crippen molar-refractivity contribution in [3.63, 3.8) is 0 Å². The van der Waals surface area contributed by atoms with Crippen LogP contribution in [-0.2, 0) is 0 Å². The van der Waals surface area contributed by atoms with Crippen LogP contribution in [-0.4, -0.2) is 52.2 Å². The van der Waals surface area contributed by atoms with Crippen molar-refractivity contribution in [2.75, 3.05) is 31.5 Å². The van der Waals surface area contributed by atoms with E-state index in [1.165, 1.54) is 0 Å². The number of nitriles is 1. The smallest absolute Gasteiger partial charge is 0.321 e. The molecule has 1 saturated heterocycles. The fourth-order valence-corrected chi connectivity index (χ4v) is 3.45. The molecule has 1 aliphatic heterocycles. The lowest BCUT2D eigenvalue weighted by molar-refractivity contribution is 0.104. The van der Waals surface area contributed by atoms with Crippen LogP contribution in [0.4, 0.5) is 10.5 Å². The van der Waals surface area contributed by atoms with Crippen LogP contribution in [0.3, 0.4) is 0 Å². The minimum Gasteiger partial charge on any atom is -0.337 e. The molecule has 0 radical (unpaired) electrons. The Kier molecular flexibility index (Phi) is 5.72. The molecule has 0 bridgehead atoms. The zero-order valence-corrected chi connectivity index (χ0v) is 16.7. The summed E-state index contributed by atoms with van der Waals surface area (Å²) in [6, 6.07) is 18.5. The van der Waals surface area contributed by atoms with Gasteiger partial charge in [0.2, 0.25) is 11.7 Å². The second-order valence-corrected chi connectivity index (χ2v) is 7.14. The zero-order chi connectivity index (χ0) is 20.9. The van der Waals surface area contributed by atoms with Gasteiger partial charge in [0.15, 0.2) is 0 Å². The molecule has 3 aromatic rings. The van der Waals surface area contributed by atoms with Crippen LogP contribution in [0.15, 0.2) is 59.1 Å². The fourth-order valence-electron chi connectivity index (χ4n) is 3.45. The first-order valence-corrected chi connectivity index (χ1v) is 9.83. The van der Waals surface area contributed by atoms with E-state index in [4.69, 9.17) is 9.78 Å². The highest BCUT2D eigenvalue weighted by molar-refractivity contribution is 5.89. The number of hydrogen-bond acceptors (Lipinski definition) is 6. The molecule has 2 amide bonds. The minimum atomic E-state index is -0.165. The van der Waals surface area contributed by atoms with Gasteiger partial charge in [0.05, 0.1) is 17.7 Å². The van der Waals surface area contributed by atoms with Crippen LogP contribution in [0.1, 0.15) is 24.4 Å². The van der Waals surface area contributed by atoms with Crippen molar-refractivity contribution in [2.45, 2.75) is 13.0 Å². The number of carbonyl (C=O) groups is 1. The lowest BCUT2D eigenvalue weighted by atomic mass is 10.2. The Morgan fingerprint density at radius 1 is 1.13 bits per heavy atom. The van der Waals surface area contributed by atoms with Gasteiger partial charge in [-0.15, -0.1) is 0 Å². The number of anilines is 1. The van der Waals surface area contributed by atoms with Crippen molar-refractivity contribution in [1.29, 1.82) is 5.26 Å². The van der Waals surface area contributed by atoms with Gasteiger partial charge in [0, 0.05) is 37.4 Å². The third-order valence-electron chi connectivity index (χ3n) is 5.22. The van der Waals surface area contributed by atoms with Gasteiger partial charge in [-0.1, -0.05) is 41.6 Å². The first kappa shape index (κ1) is 19.6. The van der Waals surface area contributed by atoms with Gasteiger partial charge < -0.3 is 14.7 Å². The molecule has 1 aliphatic rings. The average molecular weight is 402 g/mol. The van der Waals surface area contributed by atoms with E-state index < -0.39 is 0 Å². The van der Waals surface area contributed by atoms with Crippen molar-refractivity contribution in [2.24, 2.45) is 0 Å². The van der Waals surface area contributed by atoms with Gasteiger partial charge in [-0.2, -0.15) is 10.2 Å². The monoisotopic (exact) mass is 402 g/mol. The summed E-state index contributed by atoms with van der Waals surface area (Å²) in [5, 5.41) is 15.9. The standard InChI is InChI=1S/C22H22N6O2/c1-16(21-25-20(26-30-21)18-7-3-2-4-8-18)27-10-12-28(13-11-27)22(29)24-19-9-5-6-17(14-19)15-23/h2-9,14,16H,10-13H2,1H3,(H,24,29). The molecule has 0 aliphatic carbocycles. The fraction of sp³-hybridized carbons (Fsp3) is 0.273. The summed E-state index contributed by atoms with van der Waals surface area (Å²) in [4.78, 5) is 21.1. The predicted molar refractivity (Wildman–Crippen MR) is 111 cm³/mol. The average Bonchev–Trinajstić information content (AvgIpc) is 3.30. The molecular formula is C22H22N6O2. The zero-order valence-electron chi connectivity index (χ0n) is 16.7. The second-order valence-electron chi connectivity index (χ2n) is 7.14. The van der Waals surface area contributed by atoms with E-state index in [1.807, 2.05) is 37.3 Å². The number of urea groups is 1. The summed E-state index contributed by atoms with van der Waals surface area (Å²) in [7, 11) is 0. The third kappa shape index (κ3) is 4.31. The van der Waals surface area contributed by atoms with Crippen LogP contribution in [0.2, 0.25) is 0 Å². The molecule has 4 rings (SSSR count). The third-order valence-corrected chi connectivity index (χ3v) is 5.22. The lowest BCUT2D eigenvalue weighted by Crippen LogP contribution is -2.50. The molecular weight excluding hydrogens is 380 g/mol. The Morgan fingerprint density at radius 3 is 2.63 bits per heavy atom. The molecule has 30 heavy (non-hydrogen) atoms. The van der Waals surface area contributed by atoms with Crippen LogP contribution >= 0.6 is 0 Å². The summed E-state index contributed by atoms with van der Waals surface area (Å²) in [6.07, 6.45) is 0. The van der Waals surface area contributed by atoms with Gasteiger partial charge in [-0.25, -0.2) is 4.79 Å². The number of piperazine rings is 1. The molecule has 2 heterocycles. The molecule has 1 fully saturated rings. The summed E-state index contributed by atoms with van der Waals surface area (Å²) in [6.45, 7) is 4.62. The van der Waals surface area contributed by atoms with E-state index in [1.54, 1.807) is 29.2 Å². The van der Waals surface area contributed by atoms with Gasteiger partial charge >= 0.3 is 6.03 Å². The Hall–Kier alpha value is -3.70. The number of hydrogen-bond donors (Lipinski definition) is 1. The maximum Gasteiger partial charge on any atom is 0.321 e. The minimum absolute atomic E-state index is 0.0347. The summed E-state index contributed by atoms with van der Waals surface area (Å²) >= 11 is 0. The summed E-state index contributed by atoms with van der Waals surface area (Å²) < 4.78 is 5.49. The maximum absolute atomic E-state index is 12.5. The molecule has 8 nitrogen and oxygen atoms in total. The molecule has 2 aromatic carbocycles. The number of carbonyl (C=O) groups excluding carboxylic acids is 1. The molecule has 1 N–H and O–H groups in total. The molecule has 0 spiro atoms. The number of amides is 2. The molecule has 8 heteroatoms. The van der Waals surface area contributed by atoms with Crippen molar-refractivity contribution < 1.29 is 9.32 Å². The van der Waals surface area contributed by atoms with E-state index in [9.17, 15) is 4.79 Å². The van der Waals surface area contributed by atoms with Crippen molar-refractivity contribution in [3.8, 4) is 17.5 Å². The number of aromatic nitrogens is 2. The largest absolute Gasteiger partial charge is 0.337 e. The first-order chi connectivity index (χ1) is 14.6. The number of benzene rings is 2. The Labute approximate surface area is 174 Å². The maximum atomic E-state index is 12.5. The topological polar surface area (TPSA) is 98.3 Å². The van der Waals surface area contributed by atoms with Crippen LogP contribution in [0, 0.1) is 11.3 Å². The van der Waals surface area contributed by atoms with Gasteiger partial charge in [-0.3, -0.25) is 4.90 Å². The van der Waals surface area contributed by atoms with Crippen molar-refractivity contribution >= 4 is 11.7 Å². The van der Waals surface area contributed by atoms with Crippen LogP contribution in [0.25, 0.3) is 11.4 Å². The first-order valence-electron chi connectivity index (χ1n) is 9.83. The Morgan fingerprint density at radius 2 is 1.90 bits per heavy atom. The van der Waals surface area contributed by atoms with Gasteiger partial charge in [0.25, 0.3) is 0 Å². The predicted octanol–water partition coefficient (Wildman–Crippen LogP) is 3.52. The van der Waals surface area contributed by atoms with E-state index >= 15 is 0 Å². The summed E-state index contributed by atoms with van der Waals surface area (Å²) in [5.41, 5.74) is 2.05. The Bertz CT molecular complexity index is 1050. The van der Waals surface area contributed by atoms with Crippen LogP contribution in [0.5, 0.6) is 0 Å². The van der Waals surface area contributed by atoms with E-state index in [0.29, 0.717) is 49.1 Å². The summed E-state index contributed by atoms with van der Waals surface area (Å²) in [5.74, 6) is 1.15. The number of rotatable bonds is 4. The molecule has 152 valence electrons. The Balaban J connectivity index is 1.33. The van der Waals surface area contributed by atoms with E-state index in [-0.39, 0.29) is 12.1 Å². The van der Waals surface area contributed by atoms with E-state index in [2.05, 4.69) is 26.4 Å². The lowest BCUT2D eigenvalue weighted by Gasteiger charge is -2.36. The van der Waals surface area contributed by atoms with Gasteiger partial charge in [-0.05, 0) is 25.1 Å².